The first-order valence-electron chi connectivity index (χ1n) is 11.8. The van der Waals surface area contributed by atoms with Crippen molar-refractivity contribution in [2.75, 3.05) is 7.11 Å². The summed E-state index contributed by atoms with van der Waals surface area (Å²) >= 11 is 0. The van der Waals surface area contributed by atoms with Gasteiger partial charge in [0.25, 0.3) is 0 Å². The van der Waals surface area contributed by atoms with Gasteiger partial charge >= 0.3 is 5.97 Å². The molecule has 168 valence electrons. The van der Waals surface area contributed by atoms with E-state index in [1.165, 1.54) is 24.8 Å². The zero-order chi connectivity index (χ0) is 22.2. The number of hydrogen-bond donors (Lipinski definition) is 1. The number of methoxy groups -OCH3 is 1. The van der Waals surface area contributed by atoms with Crippen molar-refractivity contribution in [1.82, 2.24) is 9.55 Å². The molecule has 5 nitrogen and oxygen atoms in total. The monoisotopic (exact) mass is 424 g/mol. The average molecular weight is 425 g/mol. The minimum absolute atomic E-state index is 0.0703. The molecule has 31 heavy (non-hydrogen) atoms. The maximum absolute atomic E-state index is 11.9. The van der Waals surface area contributed by atoms with Gasteiger partial charge in [0.2, 0.25) is 0 Å². The summed E-state index contributed by atoms with van der Waals surface area (Å²) in [4.78, 5) is 16.2. The minimum Gasteiger partial charge on any atom is -0.464 e. The zero-order valence-electron chi connectivity index (χ0n) is 19.5. The van der Waals surface area contributed by atoms with E-state index in [-0.39, 0.29) is 28.3 Å². The predicted octanol–water partition coefficient (Wildman–Crippen LogP) is 5.08. The molecule has 0 amide bonds. The van der Waals surface area contributed by atoms with Crippen LogP contribution in [0, 0.1) is 34.0 Å². The Labute approximate surface area is 185 Å². The lowest BCUT2D eigenvalue weighted by Gasteiger charge is -2.63. The van der Waals surface area contributed by atoms with E-state index in [0.717, 1.165) is 32.1 Å². The average Bonchev–Trinajstić information content (AvgIpc) is 3.33. The second-order valence-corrected chi connectivity index (χ2v) is 11.4. The van der Waals surface area contributed by atoms with Crippen LogP contribution in [0.3, 0.4) is 0 Å². The summed E-state index contributed by atoms with van der Waals surface area (Å²) in [5, 5.41) is 10.5. The number of aromatic nitrogens is 2. The van der Waals surface area contributed by atoms with Crippen molar-refractivity contribution in [3.05, 3.63) is 35.9 Å². The Morgan fingerprint density at radius 1 is 1.23 bits per heavy atom. The van der Waals surface area contributed by atoms with Gasteiger partial charge in [-0.15, -0.1) is 0 Å². The number of carbonyl (C=O) groups excluding carboxylic acids is 1. The molecule has 4 aliphatic rings. The second kappa shape index (κ2) is 6.81. The first kappa shape index (κ1) is 21.0. The van der Waals surface area contributed by atoms with Crippen molar-refractivity contribution in [3.63, 3.8) is 0 Å². The van der Waals surface area contributed by atoms with Crippen LogP contribution >= 0.6 is 0 Å². The Balaban J connectivity index is 1.48. The fraction of sp³-hybridized carbons (Fsp3) is 0.692. The summed E-state index contributed by atoms with van der Waals surface area (Å²) in [6, 6.07) is 0. The van der Waals surface area contributed by atoms with Crippen LogP contribution in [-0.2, 0) is 4.74 Å². The van der Waals surface area contributed by atoms with Crippen molar-refractivity contribution >= 4 is 11.7 Å². The molecule has 5 rings (SSSR count). The lowest BCUT2D eigenvalue weighted by molar-refractivity contribution is -0.0972. The van der Waals surface area contributed by atoms with E-state index in [1.54, 1.807) is 6.33 Å². The topological polar surface area (TPSA) is 64.3 Å². The molecule has 0 bridgehead atoms. The number of imidazole rings is 1. The number of aliphatic hydroxyl groups is 1. The minimum atomic E-state index is -0.388. The number of rotatable bonds is 2. The summed E-state index contributed by atoms with van der Waals surface area (Å²) in [5.74, 6) is 1.18. The molecule has 5 heteroatoms. The lowest BCUT2D eigenvalue weighted by atomic mass is 9.41. The highest BCUT2D eigenvalue weighted by molar-refractivity contribution is 5.87. The van der Waals surface area contributed by atoms with E-state index in [1.807, 2.05) is 6.20 Å². The highest BCUT2D eigenvalue weighted by Crippen LogP contribution is 2.70. The van der Waals surface area contributed by atoms with E-state index in [0.29, 0.717) is 23.4 Å². The first-order chi connectivity index (χ1) is 14.6. The van der Waals surface area contributed by atoms with E-state index in [2.05, 4.69) is 49.4 Å². The smallest absolute Gasteiger partial charge is 0.358 e. The third kappa shape index (κ3) is 2.78. The maximum atomic E-state index is 11.9. The normalized spacial score (nSPS) is 43.9. The third-order valence-corrected chi connectivity index (χ3v) is 9.82. The fourth-order valence-corrected chi connectivity index (χ4v) is 8.23. The quantitative estimate of drug-likeness (QED) is 0.531. The van der Waals surface area contributed by atoms with Gasteiger partial charge < -0.3 is 14.4 Å². The van der Waals surface area contributed by atoms with Crippen LogP contribution < -0.4 is 0 Å². The number of carbonyl (C=O) groups is 1. The third-order valence-electron chi connectivity index (χ3n) is 9.82. The highest BCUT2D eigenvalue weighted by atomic mass is 16.5. The predicted molar refractivity (Wildman–Crippen MR) is 120 cm³/mol. The largest absolute Gasteiger partial charge is 0.464 e. The molecular formula is C26H36N2O3. The van der Waals surface area contributed by atoms with Crippen molar-refractivity contribution < 1.29 is 14.6 Å². The van der Waals surface area contributed by atoms with Crippen molar-refractivity contribution in [2.24, 2.45) is 34.0 Å². The van der Waals surface area contributed by atoms with Gasteiger partial charge in [0.05, 0.1) is 19.5 Å². The van der Waals surface area contributed by atoms with E-state index in [9.17, 15) is 9.90 Å². The molecule has 1 N–H and O–H groups in total. The van der Waals surface area contributed by atoms with Gasteiger partial charge in [0, 0.05) is 17.3 Å². The molecule has 0 aromatic carbocycles. The molecule has 3 unspecified atom stereocenters. The molecule has 2 saturated carbocycles. The number of hydrogen-bond acceptors (Lipinski definition) is 4. The Bertz CT molecular complexity index is 977. The van der Waals surface area contributed by atoms with Crippen LogP contribution in [0.5, 0.6) is 0 Å². The highest BCUT2D eigenvalue weighted by Gasteiger charge is 2.62. The number of allylic oxidation sites excluding steroid dienone is 3. The van der Waals surface area contributed by atoms with Crippen LogP contribution in [0.4, 0.5) is 0 Å². The molecule has 7 atom stereocenters. The first-order valence-corrected chi connectivity index (χ1v) is 11.8. The molecule has 4 aliphatic carbocycles. The molecule has 0 spiro atoms. The summed E-state index contributed by atoms with van der Waals surface area (Å²) in [6.07, 6.45) is 14.7. The number of nitrogens with zero attached hydrogens (tertiary/aromatic N) is 2. The summed E-state index contributed by atoms with van der Waals surface area (Å²) in [7, 11) is 1.40. The zero-order valence-corrected chi connectivity index (χ0v) is 19.5. The van der Waals surface area contributed by atoms with Gasteiger partial charge in [-0.1, -0.05) is 45.4 Å². The molecule has 1 aromatic rings. The Morgan fingerprint density at radius 2 is 2.00 bits per heavy atom. The number of ether oxygens (including phenoxy) is 1. The van der Waals surface area contributed by atoms with Crippen molar-refractivity contribution in [3.8, 4) is 0 Å². The molecule has 0 radical (unpaired) electrons. The standard InChI is InChI=1S/C26H36N2O3/c1-16-13-26(4)17(12-19(16)29)8-10-24(2)20-6-7-22(25(20,3)11-9-21(24)26)28-14-18(27-15-28)23(30)31-5/h7-8,14-16,19-21,29H,6,9-13H2,1-5H3/t16?,19-,20?,21?,24+,25+,26+/m1/s1. The van der Waals surface area contributed by atoms with E-state index in [4.69, 9.17) is 4.74 Å². The maximum Gasteiger partial charge on any atom is 0.358 e. The summed E-state index contributed by atoms with van der Waals surface area (Å²) in [5.41, 5.74) is 3.66. The lowest BCUT2D eigenvalue weighted by Crippen LogP contribution is -2.56. The Hall–Kier alpha value is -1.88. The molecule has 2 fully saturated rings. The van der Waals surface area contributed by atoms with Crippen LogP contribution in [0.1, 0.15) is 76.7 Å². The Morgan fingerprint density at radius 3 is 2.74 bits per heavy atom. The van der Waals surface area contributed by atoms with Crippen LogP contribution in [0.2, 0.25) is 0 Å². The molecule has 1 heterocycles. The van der Waals surface area contributed by atoms with Gasteiger partial charge in [0.1, 0.15) is 0 Å². The van der Waals surface area contributed by atoms with Crippen molar-refractivity contribution in [2.45, 2.75) is 72.3 Å². The van der Waals surface area contributed by atoms with Gasteiger partial charge in [-0.25, -0.2) is 9.78 Å². The second-order valence-electron chi connectivity index (χ2n) is 11.4. The van der Waals surface area contributed by atoms with E-state index < -0.39 is 0 Å². The van der Waals surface area contributed by atoms with Crippen LogP contribution in [-0.4, -0.2) is 33.8 Å². The van der Waals surface area contributed by atoms with Gasteiger partial charge in [0.15, 0.2) is 5.69 Å². The number of aliphatic hydroxyl groups excluding tert-OH is 1. The van der Waals surface area contributed by atoms with Gasteiger partial charge in [-0.05, 0) is 67.1 Å². The van der Waals surface area contributed by atoms with Crippen LogP contribution in [0.25, 0.3) is 5.70 Å². The molecule has 0 saturated heterocycles. The summed E-state index contributed by atoms with van der Waals surface area (Å²) < 4.78 is 6.91. The SMILES string of the molecule is COC(=O)c1cn(C2=CCC3[C@]4(C)CC=C5C[C@@H](O)C(C)C[C@]5(C)C4CC[C@]23C)cn1. The Kier molecular flexibility index (Phi) is 4.61. The van der Waals surface area contributed by atoms with E-state index >= 15 is 0 Å². The molecule has 1 aromatic heterocycles. The molecular weight excluding hydrogens is 388 g/mol. The van der Waals surface area contributed by atoms with Gasteiger partial charge in [-0.2, -0.15) is 0 Å². The summed E-state index contributed by atoms with van der Waals surface area (Å²) in [6.45, 7) is 9.65. The number of fused-ring (bicyclic) bond motifs is 5. The molecule has 0 aliphatic heterocycles. The van der Waals surface area contributed by atoms with Gasteiger partial charge in [-0.3, -0.25) is 0 Å². The van der Waals surface area contributed by atoms with Crippen molar-refractivity contribution in [1.29, 1.82) is 0 Å². The van der Waals surface area contributed by atoms with Crippen LogP contribution in [0.15, 0.2) is 30.2 Å². The number of esters is 1. The fourth-order valence-electron chi connectivity index (χ4n) is 8.23.